The lowest BCUT2D eigenvalue weighted by atomic mass is 10.1. The minimum Gasteiger partial charge on any atom is -0.497 e. The Balaban J connectivity index is 1.82. The van der Waals surface area contributed by atoms with E-state index < -0.39 is 0 Å². The Hall–Kier alpha value is -1.60. The Morgan fingerprint density at radius 1 is 1.35 bits per heavy atom. The number of aromatic nitrogens is 2. The molecule has 0 bridgehead atoms. The van der Waals surface area contributed by atoms with Crippen molar-refractivity contribution < 1.29 is 9.53 Å². The molecule has 0 unspecified atom stereocenters. The summed E-state index contributed by atoms with van der Waals surface area (Å²) in [6, 6.07) is 7.71. The highest BCUT2D eigenvalue weighted by molar-refractivity contribution is 8.00. The van der Waals surface area contributed by atoms with Crippen molar-refractivity contribution in [3.63, 3.8) is 0 Å². The molecule has 0 saturated heterocycles. The summed E-state index contributed by atoms with van der Waals surface area (Å²) in [5.74, 6) is 0.765. The lowest BCUT2D eigenvalue weighted by molar-refractivity contribution is -0.116. The van der Waals surface area contributed by atoms with Crippen molar-refractivity contribution in [1.82, 2.24) is 10.2 Å². The van der Waals surface area contributed by atoms with E-state index >= 15 is 0 Å². The zero-order valence-corrected chi connectivity index (χ0v) is 12.9. The van der Waals surface area contributed by atoms with Gasteiger partial charge in [0.25, 0.3) is 0 Å². The van der Waals surface area contributed by atoms with E-state index in [0.717, 1.165) is 15.7 Å². The van der Waals surface area contributed by atoms with Crippen LogP contribution in [0.3, 0.4) is 0 Å². The molecule has 106 valence electrons. The van der Waals surface area contributed by atoms with Crippen molar-refractivity contribution in [2.45, 2.75) is 17.2 Å². The second-order valence-electron chi connectivity index (χ2n) is 3.97. The molecule has 20 heavy (non-hydrogen) atoms. The molecule has 1 amide bonds. The Bertz CT molecular complexity index is 569. The molecule has 0 saturated carbocycles. The number of ether oxygens (including phenoxy) is 1. The van der Waals surface area contributed by atoms with E-state index in [1.165, 1.54) is 23.1 Å². The number of carbonyl (C=O) groups excluding carboxylic acids is 1. The van der Waals surface area contributed by atoms with E-state index in [1.54, 1.807) is 7.11 Å². The summed E-state index contributed by atoms with van der Waals surface area (Å²) in [7, 11) is 1.63. The highest BCUT2D eigenvalue weighted by Gasteiger charge is 2.07. The monoisotopic (exact) mass is 309 g/mol. The average molecular weight is 309 g/mol. The van der Waals surface area contributed by atoms with Crippen LogP contribution in [0.15, 0.2) is 28.6 Å². The molecular formula is C13H15N3O2S2. The fraction of sp³-hybridized carbons (Fsp3) is 0.308. The van der Waals surface area contributed by atoms with E-state index in [9.17, 15) is 4.79 Å². The van der Waals surface area contributed by atoms with Crippen molar-refractivity contribution in [2.75, 3.05) is 18.7 Å². The number of rotatable bonds is 6. The molecular weight excluding hydrogens is 294 g/mol. The summed E-state index contributed by atoms with van der Waals surface area (Å²) in [5.41, 5.74) is 1.10. The quantitative estimate of drug-likeness (QED) is 0.656. The molecule has 0 aliphatic heterocycles. The molecule has 1 aromatic heterocycles. The minimum atomic E-state index is -0.0513. The normalized spacial score (nSPS) is 10.3. The smallest absolute Gasteiger partial charge is 0.226 e. The van der Waals surface area contributed by atoms with Gasteiger partial charge in [0.15, 0.2) is 4.34 Å². The first kappa shape index (κ1) is 14.8. The number of amides is 1. The predicted molar refractivity (Wildman–Crippen MR) is 81.6 cm³/mol. The van der Waals surface area contributed by atoms with Gasteiger partial charge in [-0.2, -0.15) is 0 Å². The SMILES string of the molecule is COc1ccc(CCC(=O)Nc2nnc(SC)s2)cc1. The maximum Gasteiger partial charge on any atom is 0.226 e. The number of benzene rings is 1. The predicted octanol–water partition coefficient (Wildman–Crippen LogP) is 2.84. The van der Waals surface area contributed by atoms with Gasteiger partial charge in [-0.1, -0.05) is 35.2 Å². The second kappa shape index (κ2) is 7.25. The standard InChI is InChI=1S/C13H15N3O2S2/c1-18-10-6-3-9(4-7-10)5-8-11(17)14-12-15-16-13(19-2)20-12/h3-4,6-7H,5,8H2,1-2H3,(H,14,15,17). The van der Waals surface area contributed by atoms with Gasteiger partial charge in [0, 0.05) is 6.42 Å². The molecule has 2 rings (SSSR count). The molecule has 2 aromatic rings. The number of aryl methyl sites for hydroxylation is 1. The largest absolute Gasteiger partial charge is 0.497 e. The van der Waals surface area contributed by atoms with Gasteiger partial charge in [-0.15, -0.1) is 10.2 Å². The van der Waals surface area contributed by atoms with Crippen LogP contribution < -0.4 is 10.1 Å². The van der Waals surface area contributed by atoms with Crippen LogP contribution in [0.4, 0.5) is 5.13 Å². The van der Waals surface area contributed by atoms with Crippen LogP contribution in [0, 0.1) is 0 Å². The zero-order chi connectivity index (χ0) is 14.4. The molecule has 1 heterocycles. The van der Waals surface area contributed by atoms with Crippen LogP contribution >= 0.6 is 23.1 Å². The van der Waals surface area contributed by atoms with Gasteiger partial charge < -0.3 is 10.1 Å². The molecule has 0 atom stereocenters. The van der Waals surface area contributed by atoms with Crippen LogP contribution in [-0.4, -0.2) is 29.5 Å². The van der Waals surface area contributed by atoms with Crippen LogP contribution in [0.1, 0.15) is 12.0 Å². The van der Waals surface area contributed by atoms with Gasteiger partial charge in [-0.05, 0) is 30.4 Å². The third-order valence-corrected chi connectivity index (χ3v) is 4.44. The van der Waals surface area contributed by atoms with Crippen molar-refractivity contribution in [1.29, 1.82) is 0 Å². The number of methoxy groups -OCH3 is 1. The van der Waals surface area contributed by atoms with E-state index in [4.69, 9.17) is 4.74 Å². The summed E-state index contributed by atoms with van der Waals surface area (Å²) in [4.78, 5) is 11.8. The van der Waals surface area contributed by atoms with Crippen LogP contribution in [0.5, 0.6) is 5.75 Å². The molecule has 0 spiro atoms. The van der Waals surface area contributed by atoms with Crippen molar-refractivity contribution in [3.8, 4) is 5.75 Å². The molecule has 0 aliphatic carbocycles. The Morgan fingerprint density at radius 3 is 2.70 bits per heavy atom. The number of nitrogens with one attached hydrogen (secondary N) is 1. The first-order valence-corrected chi connectivity index (χ1v) is 8.05. The highest BCUT2D eigenvalue weighted by atomic mass is 32.2. The topological polar surface area (TPSA) is 64.1 Å². The van der Waals surface area contributed by atoms with E-state index in [0.29, 0.717) is 18.0 Å². The van der Waals surface area contributed by atoms with Gasteiger partial charge in [0.2, 0.25) is 11.0 Å². The maximum atomic E-state index is 11.8. The fourth-order valence-electron chi connectivity index (χ4n) is 1.57. The van der Waals surface area contributed by atoms with Crippen LogP contribution in [0.25, 0.3) is 0 Å². The molecule has 0 fully saturated rings. The second-order valence-corrected chi connectivity index (χ2v) is 6.00. The number of carbonyl (C=O) groups is 1. The molecule has 7 heteroatoms. The Labute approximate surface area is 125 Å². The van der Waals surface area contributed by atoms with Gasteiger partial charge in [0.05, 0.1) is 7.11 Å². The van der Waals surface area contributed by atoms with E-state index in [-0.39, 0.29) is 5.91 Å². The summed E-state index contributed by atoms with van der Waals surface area (Å²) < 4.78 is 5.93. The van der Waals surface area contributed by atoms with Crippen molar-refractivity contribution in [2.24, 2.45) is 0 Å². The zero-order valence-electron chi connectivity index (χ0n) is 11.3. The molecule has 1 N–H and O–H groups in total. The summed E-state index contributed by atoms with van der Waals surface area (Å²) in [6.45, 7) is 0. The first-order valence-electron chi connectivity index (χ1n) is 6.01. The first-order chi connectivity index (χ1) is 9.71. The van der Waals surface area contributed by atoms with Gasteiger partial charge in [-0.3, -0.25) is 4.79 Å². The summed E-state index contributed by atoms with van der Waals surface area (Å²) in [5, 5.41) is 11.1. The average Bonchev–Trinajstić information content (AvgIpc) is 2.93. The van der Waals surface area contributed by atoms with Gasteiger partial charge in [0.1, 0.15) is 5.75 Å². The van der Waals surface area contributed by atoms with Crippen molar-refractivity contribution in [3.05, 3.63) is 29.8 Å². The van der Waals surface area contributed by atoms with Gasteiger partial charge in [-0.25, -0.2) is 0 Å². The number of anilines is 1. The van der Waals surface area contributed by atoms with Crippen LogP contribution in [0.2, 0.25) is 0 Å². The maximum absolute atomic E-state index is 11.8. The lowest BCUT2D eigenvalue weighted by Gasteiger charge is -2.03. The summed E-state index contributed by atoms with van der Waals surface area (Å²) in [6.07, 6.45) is 3.03. The third kappa shape index (κ3) is 4.21. The lowest BCUT2D eigenvalue weighted by Crippen LogP contribution is -2.12. The fourth-order valence-corrected chi connectivity index (χ4v) is 2.76. The number of nitrogens with zero attached hydrogens (tertiary/aromatic N) is 2. The third-order valence-electron chi connectivity index (χ3n) is 2.63. The minimum absolute atomic E-state index is 0.0513. The summed E-state index contributed by atoms with van der Waals surface area (Å²) >= 11 is 2.89. The molecule has 0 radical (unpaired) electrons. The Kier molecular flexibility index (Phi) is 5.37. The number of hydrogen-bond acceptors (Lipinski definition) is 6. The van der Waals surface area contributed by atoms with Crippen molar-refractivity contribution >= 4 is 34.1 Å². The van der Waals surface area contributed by atoms with Gasteiger partial charge >= 0.3 is 0 Å². The Morgan fingerprint density at radius 2 is 2.10 bits per heavy atom. The highest BCUT2D eigenvalue weighted by Crippen LogP contribution is 2.23. The molecule has 5 nitrogen and oxygen atoms in total. The number of hydrogen-bond donors (Lipinski definition) is 1. The van der Waals surface area contributed by atoms with E-state index in [1.807, 2.05) is 30.5 Å². The molecule has 0 aliphatic rings. The van der Waals surface area contributed by atoms with Crippen LogP contribution in [-0.2, 0) is 11.2 Å². The van der Waals surface area contributed by atoms with E-state index in [2.05, 4.69) is 15.5 Å². The number of thioether (sulfide) groups is 1. The molecule has 1 aromatic carbocycles.